The lowest BCUT2D eigenvalue weighted by Gasteiger charge is -2.29. The largest absolute Gasteiger partial charge is 0.370 e. The minimum atomic E-state index is 0.112. The van der Waals surface area contributed by atoms with Gasteiger partial charge in [0.05, 0.1) is 6.61 Å². The number of hydrogen-bond donors (Lipinski definition) is 1. The molecule has 1 amide bonds. The van der Waals surface area contributed by atoms with Gasteiger partial charge in [0.2, 0.25) is 5.91 Å². The second-order valence-electron chi connectivity index (χ2n) is 3.75. The van der Waals surface area contributed by atoms with Gasteiger partial charge in [-0.05, 0) is 19.9 Å². The first kappa shape index (κ1) is 11.5. The molecule has 4 heteroatoms. The molecule has 1 aliphatic rings. The molecule has 1 rings (SSSR count). The van der Waals surface area contributed by atoms with Crippen LogP contribution in [0.15, 0.2) is 0 Å². The monoisotopic (exact) mass is 200 g/mol. The Labute approximate surface area is 85.6 Å². The van der Waals surface area contributed by atoms with E-state index in [4.69, 9.17) is 4.74 Å². The quantitative estimate of drug-likeness (QED) is 0.691. The van der Waals surface area contributed by atoms with Crippen LogP contribution in [0, 0.1) is 0 Å². The molecule has 0 spiro atoms. The van der Waals surface area contributed by atoms with Crippen molar-refractivity contribution >= 4 is 5.91 Å². The highest BCUT2D eigenvalue weighted by atomic mass is 16.5. The molecule has 0 aromatic rings. The van der Waals surface area contributed by atoms with Crippen molar-refractivity contribution < 1.29 is 9.53 Å². The Morgan fingerprint density at radius 1 is 1.64 bits per heavy atom. The molecule has 14 heavy (non-hydrogen) atoms. The Balaban J connectivity index is 2.23. The van der Waals surface area contributed by atoms with E-state index < -0.39 is 0 Å². The zero-order valence-corrected chi connectivity index (χ0v) is 9.08. The van der Waals surface area contributed by atoms with Gasteiger partial charge in [0.15, 0.2) is 0 Å². The van der Waals surface area contributed by atoms with Crippen LogP contribution in [-0.4, -0.2) is 49.7 Å². The summed E-state index contributed by atoms with van der Waals surface area (Å²) in [5, 5.41) is 3.37. The molecule has 1 atom stereocenters. The lowest BCUT2D eigenvalue weighted by molar-refractivity contribution is -0.142. The van der Waals surface area contributed by atoms with Crippen LogP contribution < -0.4 is 5.32 Å². The minimum absolute atomic E-state index is 0.112. The summed E-state index contributed by atoms with van der Waals surface area (Å²) in [6, 6.07) is 0.372. The predicted molar refractivity (Wildman–Crippen MR) is 55.2 cm³/mol. The second kappa shape index (κ2) is 5.98. The fourth-order valence-electron chi connectivity index (χ4n) is 1.53. The summed E-state index contributed by atoms with van der Waals surface area (Å²) in [7, 11) is 0. The maximum Gasteiger partial charge on any atom is 0.248 e. The molecule has 1 heterocycles. The Bertz CT molecular complexity index is 185. The fraction of sp³-hybridized carbons (Fsp3) is 0.900. The van der Waals surface area contributed by atoms with E-state index in [1.807, 2.05) is 4.90 Å². The Morgan fingerprint density at radius 2 is 2.43 bits per heavy atom. The van der Waals surface area contributed by atoms with E-state index in [-0.39, 0.29) is 12.5 Å². The van der Waals surface area contributed by atoms with E-state index in [1.54, 1.807) is 0 Å². The summed E-state index contributed by atoms with van der Waals surface area (Å²) in [6.07, 6.45) is 1.13. The van der Waals surface area contributed by atoms with Crippen molar-refractivity contribution in [1.29, 1.82) is 0 Å². The smallest absolute Gasteiger partial charge is 0.248 e. The van der Waals surface area contributed by atoms with Gasteiger partial charge in [0, 0.05) is 19.1 Å². The van der Waals surface area contributed by atoms with Gasteiger partial charge in [0.25, 0.3) is 0 Å². The molecule has 0 bridgehead atoms. The number of hydrogen-bond acceptors (Lipinski definition) is 3. The molecule has 1 unspecified atom stereocenters. The number of carbonyl (C=O) groups is 1. The van der Waals surface area contributed by atoms with E-state index in [0.29, 0.717) is 12.6 Å². The summed E-state index contributed by atoms with van der Waals surface area (Å²) in [4.78, 5) is 13.2. The van der Waals surface area contributed by atoms with Crippen molar-refractivity contribution in [3.05, 3.63) is 0 Å². The average molecular weight is 200 g/mol. The fourth-order valence-corrected chi connectivity index (χ4v) is 1.53. The molecule has 1 saturated heterocycles. The lowest BCUT2D eigenvalue weighted by atomic mass is 10.2. The summed E-state index contributed by atoms with van der Waals surface area (Å²) in [5.41, 5.74) is 0. The molecule has 1 aliphatic heterocycles. The van der Waals surface area contributed by atoms with Gasteiger partial charge in [-0.1, -0.05) is 6.92 Å². The molecule has 0 aromatic heterocycles. The SMILES string of the molecule is CCCNC(C)CN1CCOCC1=O. The zero-order valence-electron chi connectivity index (χ0n) is 9.08. The van der Waals surface area contributed by atoms with Crippen molar-refractivity contribution in [3.8, 4) is 0 Å². The molecule has 1 fully saturated rings. The van der Waals surface area contributed by atoms with Crippen LogP contribution in [-0.2, 0) is 9.53 Å². The van der Waals surface area contributed by atoms with Crippen LogP contribution in [0.4, 0.5) is 0 Å². The average Bonchev–Trinajstić information content (AvgIpc) is 2.18. The molecular weight excluding hydrogens is 180 g/mol. The van der Waals surface area contributed by atoms with Crippen LogP contribution in [0.1, 0.15) is 20.3 Å². The van der Waals surface area contributed by atoms with Crippen LogP contribution >= 0.6 is 0 Å². The normalized spacial score (nSPS) is 19.9. The topological polar surface area (TPSA) is 41.6 Å². The molecule has 1 N–H and O–H groups in total. The van der Waals surface area contributed by atoms with Crippen molar-refractivity contribution in [2.24, 2.45) is 0 Å². The van der Waals surface area contributed by atoms with Crippen molar-refractivity contribution in [3.63, 3.8) is 0 Å². The first-order valence-corrected chi connectivity index (χ1v) is 5.33. The van der Waals surface area contributed by atoms with Crippen LogP contribution in [0.25, 0.3) is 0 Å². The first-order chi connectivity index (χ1) is 6.74. The van der Waals surface area contributed by atoms with Gasteiger partial charge >= 0.3 is 0 Å². The van der Waals surface area contributed by atoms with Gasteiger partial charge in [-0.15, -0.1) is 0 Å². The summed E-state index contributed by atoms with van der Waals surface area (Å²) in [6.45, 7) is 7.71. The zero-order chi connectivity index (χ0) is 10.4. The highest BCUT2D eigenvalue weighted by molar-refractivity contribution is 5.78. The van der Waals surface area contributed by atoms with E-state index in [9.17, 15) is 4.79 Å². The molecule has 0 radical (unpaired) electrons. The molecular formula is C10H20N2O2. The predicted octanol–water partition coefficient (Wildman–Crippen LogP) is 0.233. The number of carbonyl (C=O) groups excluding carboxylic acids is 1. The third-order valence-corrected chi connectivity index (χ3v) is 2.32. The number of nitrogens with one attached hydrogen (secondary N) is 1. The molecule has 0 aliphatic carbocycles. The molecule has 82 valence electrons. The number of nitrogens with zero attached hydrogens (tertiary/aromatic N) is 1. The van der Waals surface area contributed by atoms with Crippen molar-refractivity contribution in [1.82, 2.24) is 10.2 Å². The Kier molecular flexibility index (Phi) is 4.90. The summed E-state index contributed by atoms with van der Waals surface area (Å²) >= 11 is 0. The third-order valence-electron chi connectivity index (χ3n) is 2.32. The number of ether oxygens (including phenoxy) is 1. The number of amides is 1. The van der Waals surface area contributed by atoms with Gasteiger partial charge < -0.3 is 15.0 Å². The number of morpholine rings is 1. The van der Waals surface area contributed by atoms with Gasteiger partial charge in [0.1, 0.15) is 6.61 Å². The second-order valence-corrected chi connectivity index (χ2v) is 3.75. The molecule has 0 aromatic carbocycles. The van der Waals surface area contributed by atoms with Crippen LogP contribution in [0.2, 0.25) is 0 Å². The van der Waals surface area contributed by atoms with E-state index in [0.717, 1.165) is 26.1 Å². The first-order valence-electron chi connectivity index (χ1n) is 5.33. The summed E-state index contributed by atoms with van der Waals surface area (Å²) < 4.78 is 5.06. The van der Waals surface area contributed by atoms with E-state index in [1.165, 1.54) is 0 Å². The Hall–Kier alpha value is -0.610. The minimum Gasteiger partial charge on any atom is -0.370 e. The lowest BCUT2D eigenvalue weighted by Crippen LogP contribution is -2.47. The standard InChI is InChI=1S/C10H20N2O2/c1-3-4-11-9(2)7-12-5-6-14-8-10(12)13/h9,11H,3-8H2,1-2H3. The van der Waals surface area contributed by atoms with E-state index in [2.05, 4.69) is 19.2 Å². The highest BCUT2D eigenvalue weighted by Gasteiger charge is 2.19. The van der Waals surface area contributed by atoms with E-state index >= 15 is 0 Å². The highest BCUT2D eigenvalue weighted by Crippen LogP contribution is 2.00. The van der Waals surface area contributed by atoms with Gasteiger partial charge in [-0.25, -0.2) is 0 Å². The van der Waals surface area contributed by atoms with Crippen molar-refractivity contribution in [2.75, 3.05) is 32.8 Å². The van der Waals surface area contributed by atoms with Gasteiger partial charge in [-0.3, -0.25) is 4.79 Å². The Morgan fingerprint density at radius 3 is 3.07 bits per heavy atom. The maximum atomic E-state index is 11.4. The van der Waals surface area contributed by atoms with Crippen molar-refractivity contribution in [2.45, 2.75) is 26.3 Å². The van der Waals surface area contributed by atoms with Crippen LogP contribution in [0.5, 0.6) is 0 Å². The third kappa shape index (κ3) is 3.64. The number of rotatable bonds is 5. The van der Waals surface area contributed by atoms with Crippen LogP contribution in [0.3, 0.4) is 0 Å². The summed E-state index contributed by atoms with van der Waals surface area (Å²) in [5.74, 6) is 0.112. The molecule has 0 saturated carbocycles. The molecule has 4 nitrogen and oxygen atoms in total. The van der Waals surface area contributed by atoms with Gasteiger partial charge in [-0.2, -0.15) is 0 Å². The maximum absolute atomic E-state index is 11.4.